The van der Waals surface area contributed by atoms with Crippen molar-refractivity contribution in [1.82, 2.24) is 0 Å². The van der Waals surface area contributed by atoms with Crippen LogP contribution in [0.15, 0.2) is 29.8 Å². The summed E-state index contributed by atoms with van der Waals surface area (Å²) in [6.45, 7) is 0. The number of benzene rings is 1. The summed E-state index contributed by atoms with van der Waals surface area (Å²) in [4.78, 5) is 12.1. The van der Waals surface area contributed by atoms with Crippen LogP contribution >= 0.6 is 0 Å². The van der Waals surface area contributed by atoms with Crippen molar-refractivity contribution in [2.45, 2.75) is 37.5 Å². The maximum atomic E-state index is 12.1. The molecule has 1 fully saturated rings. The van der Waals surface area contributed by atoms with Crippen LogP contribution in [0.25, 0.3) is 0 Å². The van der Waals surface area contributed by atoms with Crippen molar-refractivity contribution in [3.05, 3.63) is 41.0 Å². The lowest BCUT2D eigenvalue weighted by Crippen LogP contribution is -2.39. The van der Waals surface area contributed by atoms with Crippen molar-refractivity contribution < 1.29 is 4.79 Å². The van der Waals surface area contributed by atoms with Gasteiger partial charge in [-0.05, 0) is 42.4 Å². The van der Waals surface area contributed by atoms with E-state index in [0.717, 1.165) is 18.5 Å². The summed E-state index contributed by atoms with van der Waals surface area (Å²) in [6.07, 6.45) is 7.03. The van der Waals surface area contributed by atoms with E-state index < -0.39 is 0 Å². The summed E-state index contributed by atoms with van der Waals surface area (Å²) in [5.41, 5.74) is 11.2. The Morgan fingerprint density at radius 2 is 2.17 bits per heavy atom. The number of Topliss-reactive ketones (excluding diaryl/α,β-unsaturated/α-hetero) is 1. The summed E-state index contributed by atoms with van der Waals surface area (Å²) in [7, 11) is 0. The molecule has 1 spiro atoms. The van der Waals surface area contributed by atoms with Crippen LogP contribution in [-0.2, 0) is 16.6 Å². The van der Waals surface area contributed by atoms with Crippen LogP contribution in [0, 0.1) is 5.92 Å². The first-order valence-corrected chi connectivity index (χ1v) is 6.76. The molecular formula is C16H17NO. The summed E-state index contributed by atoms with van der Waals surface area (Å²) >= 11 is 0. The second-order valence-corrected chi connectivity index (χ2v) is 6.11. The molecule has 2 atom stereocenters. The van der Waals surface area contributed by atoms with Gasteiger partial charge in [-0.15, -0.1) is 0 Å². The number of nitrogens with two attached hydrogens (primary N) is 1. The summed E-state index contributed by atoms with van der Waals surface area (Å²) in [6, 6.07) is 6.06. The van der Waals surface area contributed by atoms with Crippen molar-refractivity contribution in [3.63, 3.8) is 0 Å². The quantitative estimate of drug-likeness (QED) is 0.559. The predicted molar refractivity (Wildman–Crippen MR) is 71.3 cm³/mol. The molecular weight excluding hydrogens is 222 g/mol. The number of rotatable bonds is 0. The highest BCUT2D eigenvalue weighted by Gasteiger charge is 2.52. The molecule has 2 heteroatoms. The van der Waals surface area contributed by atoms with Gasteiger partial charge in [0.05, 0.1) is 0 Å². The SMILES string of the molecule is Nc1cccc2c1C1(CC(=O)C2)CC2=CCC1C2. The van der Waals surface area contributed by atoms with Gasteiger partial charge in [-0.2, -0.15) is 0 Å². The number of nitrogen functional groups attached to an aromatic ring is 1. The Kier molecular flexibility index (Phi) is 1.87. The molecule has 1 aromatic rings. The first-order chi connectivity index (χ1) is 8.69. The number of hydrogen-bond acceptors (Lipinski definition) is 2. The van der Waals surface area contributed by atoms with E-state index in [-0.39, 0.29) is 5.41 Å². The minimum Gasteiger partial charge on any atom is -0.398 e. The first kappa shape index (κ1) is 10.4. The van der Waals surface area contributed by atoms with Crippen LogP contribution in [0.3, 0.4) is 0 Å². The third-order valence-corrected chi connectivity index (χ3v) is 5.10. The molecule has 1 aromatic carbocycles. The van der Waals surface area contributed by atoms with E-state index in [4.69, 9.17) is 5.73 Å². The normalized spacial score (nSPS) is 32.8. The van der Waals surface area contributed by atoms with Crippen molar-refractivity contribution in [3.8, 4) is 0 Å². The lowest BCUT2D eigenvalue weighted by Gasteiger charge is -2.41. The summed E-state index contributed by atoms with van der Waals surface area (Å²) in [5, 5.41) is 0. The highest BCUT2D eigenvalue weighted by molar-refractivity contribution is 5.87. The molecule has 0 radical (unpaired) electrons. The van der Waals surface area contributed by atoms with E-state index in [1.54, 1.807) is 5.57 Å². The number of carbonyl (C=O) groups excluding carboxylic acids is 1. The second-order valence-electron chi connectivity index (χ2n) is 6.11. The van der Waals surface area contributed by atoms with Crippen LogP contribution in [0.5, 0.6) is 0 Å². The zero-order valence-corrected chi connectivity index (χ0v) is 10.4. The van der Waals surface area contributed by atoms with Crippen LogP contribution in [0.1, 0.15) is 36.8 Å². The van der Waals surface area contributed by atoms with E-state index in [2.05, 4.69) is 12.1 Å². The van der Waals surface area contributed by atoms with E-state index >= 15 is 0 Å². The van der Waals surface area contributed by atoms with E-state index in [9.17, 15) is 4.79 Å². The van der Waals surface area contributed by atoms with Crippen LogP contribution < -0.4 is 5.73 Å². The summed E-state index contributed by atoms with van der Waals surface area (Å²) in [5.74, 6) is 1.00. The van der Waals surface area contributed by atoms with Crippen molar-refractivity contribution in [2.75, 3.05) is 5.73 Å². The number of allylic oxidation sites excluding steroid dienone is 2. The number of carbonyl (C=O) groups is 1. The van der Waals surface area contributed by atoms with Gasteiger partial charge < -0.3 is 5.73 Å². The monoisotopic (exact) mass is 239 g/mol. The highest BCUT2D eigenvalue weighted by atomic mass is 16.1. The highest BCUT2D eigenvalue weighted by Crippen LogP contribution is 2.59. The molecule has 18 heavy (non-hydrogen) atoms. The Morgan fingerprint density at radius 3 is 2.89 bits per heavy atom. The minimum atomic E-state index is 0.0418. The zero-order valence-electron chi connectivity index (χ0n) is 10.4. The van der Waals surface area contributed by atoms with Gasteiger partial charge in [-0.1, -0.05) is 23.8 Å². The fraction of sp³-hybridized carbons (Fsp3) is 0.438. The fourth-order valence-corrected chi connectivity index (χ4v) is 4.50. The number of fused-ring (bicyclic) bond motifs is 5. The smallest absolute Gasteiger partial charge is 0.138 e. The Hall–Kier alpha value is -1.57. The molecule has 4 rings (SSSR count). The predicted octanol–water partition coefficient (Wildman–Crippen LogP) is 2.76. The molecule has 2 N–H and O–H groups in total. The van der Waals surface area contributed by atoms with Crippen LogP contribution in [0.4, 0.5) is 5.69 Å². The molecule has 0 saturated heterocycles. The topological polar surface area (TPSA) is 43.1 Å². The molecule has 92 valence electrons. The van der Waals surface area contributed by atoms with Crippen molar-refractivity contribution in [1.29, 1.82) is 0 Å². The minimum absolute atomic E-state index is 0.0418. The molecule has 0 heterocycles. The molecule has 0 aromatic heterocycles. The zero-order chi connectivity index (χ0) is 12.3. The third kappa shape index (κ3) is 1.16. The third-order valence-electron chi connectivity index (χ3n) is 5.10. The second kappa shape index (κ2) is 3.25. The van der Waals surface area contributed by atoms with E-state index in [1.165, 1.54) is 17.5 Å². The standard InChI is InChI=1S/C16H17NO/c17-14-3-1-2-11-7-13(18)9-16(15(11)14)8-10-4-5-12(16)6-10/h1-4,12H,5-9,17H2. The Bertz CT molecular complexity index is 587. The van der Waals surface area contributed by atoms with Gasteiger partial charge >= 0.3 is 0 Å². The van der Waals surface area contributed by atoms with E-state index in [0.29, 0.717) is 24.5 Å². The average Bonchev–Trinajstić information content (AvgIpc) is 2.88. The van der Waals surface area contributed by atoms with Gasteiger partial charge in [-0.25, -0.2) is 0 Å². The Morgan fingerprint density at radius 1 is 1.28 bits per heavy atom. The van der Waals surface area contributed by atoms with Gasteiger partial charge in [0, 0.05) is 23.9 Å². The van der Waals surface area contributed by atoms with Crippen LogP contribution in [-0.4, -0.2) is 5.78 Å². The lowest BCUT2D eigenvalue weighted by molar-refractivity contribution is -0.120. The molecule has 2 nitrogen and oxygen atoms in total. The molecule has 0 amide bonds. The molecule has 3 aliphatic carbocycles. The Labute approximate surface area is 107 Å². The van der Waals surface area contributed by atoms with E-state index in [1.807, 2.05) is 12.1 Å². The first-order valence-electron chi connectivity index (χ1n) is 6.76. The maximum absolute atomic E-state index is 12.1. The van der Waals surface area contributed by atoms with Crippen LogP contribution in [0.2, 0.25) is 0 Å². The van der Waals surface area contributed by atoms with Gasteiger partial charge in [-0.3, -0.25) is 4.79 Å². The number of hydrogen-bond donors (Lipinski definition) is 1. The van der Waals surface area contributed by atoms with Gasteiger partial charge in [0.25, 0.3) is 0 Å². The molecule has 2 unspecified atom stereocenters. The summed E-state index contributed by atoms with van der Waals surface area (Å²) < 4.78 is 0. The van der Waals surface area contributed by atoms with Crippen molar-refractivity contribution in [2.24, 2.45) is 5.92 Å². The Balaban J connectivity index is 1.96. The number of anilines is 1. The average molecular weight is 239 g/mol. The maximum Gasteiger partial charge on any atom is 0.138 e. The lowest BCUT2D eigenvalue weighted by atomic mass is 9.62. The molecule has 1 saturated carbocycles. The van der Waals surface area contributed by atoms with Gasteiger partial charge in [0.2, 0.25) is 0 Å². The largest absolute Gasteiger partial charge is 0.398 e. The van der Waals surface area contributed by atoms with Gasteiger partial charge in [0.15, 0.2) is 0 Å². The van der Waals surface area contributed by atoms with Crippen molar-refractivity contribution >= 4 is 11.5 Å². The van der Waals surface area contributed by atoms with Gasteiger partial charge in [0.1, 0.15) is 5.78 Å². The molecule has 0 aliphatic heterocycles. The molecule has 3 aliphatic rings. The number of ketones is 1. The fourth-order valence-electron chi connectivity index (χ4n) is 4.50. The molecule has 2 bridgehead atoms.